The van der Waals surface area contributed by atoms with Crippen molar-refractivity contribution in [1.29, 1.82) is 0 Å². The number of rotatable bonds is 1. The molecule has 0 saturated carbocycles. The summed E-state index contributed by atoms with van der Waals surface area (Å²) in [5.74, 6) is 0. The van der Waals surface area contributed by atoms with E-state index in [0.29, 0.717) is 5.71 Å². The molecule has 1 aliphatic heterocycles. The van der Waals surface area contributed by atoms with Gasteiger partial charge in [0.05, 0.1) is 5.03 Å². The molecule has 14 heavy (non-hydrogen) atoms. The Bertz CT molecular complexity index is 465. The van der Waals surface area contributed by atoms with Gasteiger partial charge in [-0.15, -0.1) is 5.48 Å². The van der Waals surface area contributed by atoms with E-state index in [-0.39, 0.29) is 9.94 Å². The Morgan fingerprint density at radius 1 is 1.50 bits per heavy atom. The topological polar surface area (TPSA) is 67.8 Å². The monoisotopic (exact) mass is 254 g/mol. The highest BCUT2D eigenvalue weighted by Gasteiger charge is 2.36. The first-order valence-corrected chi connectivity index (χ1v) is 6.21. The summed E-state index contributed by atoms with van der Waals surface area (Å²) in [7, 11) is 1.33. The first-order chi connectivity index (χ1) is 6.50. The second-order valence-electron chi connectivity index (χ2n) is 2.64. The Hall–Kier alpha value is -0.560. The van der Waals surface area contributed by atoms with Crippen LogP contribution in [0.3, 0.4) is 0 Å². The second-order valence-corrected chi connectivity index (χ2v) is 5.58. The molecule has 1 unspecified atom stereocenters. The van der Waals surface area contributed by atoms with Crippen LogP contribution in [0.25, 0.3) is 0 Å². The molecule has 0 amide bonds. The fourth-order valence-corrected chi connectivity index (χ4v) is 3.06. The third kappa shape index (κ3) is 1.54. The standard InChI is InChI=1S/C6H4Cl2N2O3S/c7-3-1-2-4-5(10-13-9-4)6(3)14(8,11)12/h1-2,5,10H. The molecule has 0 bridgehead atoms. The van der Waals surface area contributed by atoms with Crippen LogP contribution in [0, 0.1) is 0 Å². The molecule has 0 saturated heterocycles. The van der Waals surface area contributed by atoms with Gasteiger partial charge < -0.3 is 0 Å². The van der Waals surface area contributed by atoms with Crippen molar-refractivity contribution < 1.29 is 13.4 Å². The van der Waals surface area contributed by atoms with Crippen LogP contribution in [0.4, 0.5) is 0 Å². The summed E-state index contributed by atoms with van der Waals surface area (Å²) in [5, 5.41) is 3.62. The average Bonchev–Trinajstić information content (AvgIpc) is 2.48. The number of oxime groups is 1. The molecule has 1 atom stereocenters. The van der Waals surface area contributed by atoms with E-state index in [1.807, 2.05) is 0 Å². The highest BCUT2D eigenvalue weighted by atomic mass is 35.7. The first kappa shape index (κ1) is 9.97. The number of hydrogen-bond acceptors (Lipinski definition) is 5. The molecule has 2 aliphatic rings. The summed E-state index contributed by atoms with van der Waals surface area (Å²) < 4.78 is 22.4. The quantitative estimate of drug-likeness (QED) is 0.705. The van der Waals surface area contributed by atoms with Crippen LogP contribution in [0.15, 0.2) is 27.2 Å². The lowest BCUT2D eigenvalue weighted by atomic mass is 10.1. The van der Waals surface area contributed by atoms with Gasteiger partial charge in [0.1, 0.15) is 16.7 Å². The lowest BCUT2D eigenvalue weighted by Gasteiger charge is -2.15. The molecule has 0 radical (unpaired) electrons. The Labute approximate surface area is 89.4 Å². The van der Waals surface area contributed by atoms with Gasteiger partial charge in [-0.2, -0.15) is 0 Å². The number of hydroxylamine groups is 1. The number of allylic oxidation sites excluding steroid dienone is 2. The predicted octanol–water partition coefficient (Wildman–Crippen LogP) is 0.835. The van der Waals surface area contributed by atoms with E-state index in [1.54, 1.807) is 6.08 Å². The van der Waals surface area contributed by atoms with Gasteiger partial charge in [0.15, 0.2) is 0 Å². The Morgan fingerprint density at radius 2 is 2.21 bits per heavy atom. The summed E-state index contributed by atoms with van der Waals surface area (Å²) in [6.07, 6.45) is 2.96. The van der Waals surface area contributed by atoms with Gasteiger partial charge in [-0.25, -0.2) is 8.42 Å². The molecule has 8 heteroatoms. The van der Waals surface area contributed by atoms with E-state index in [1.165, 1.54) is 6.08 Å². The summed E-state index contributed by atoms with van der Waals surface area (Å²) in [4.78, 5) is 4.40. The van der Waals surface area contributed by atoms with Gasteiger partial charge in [-0.1, -0.05) is 16.8 Å². The lowest BCUT2D eigenvalue weighted by Crippen LogP contribution is -2.34. The smallest absolute Gasteiger partial charge is 0.261 e. The Morgan fingerprint density at radius 3 is 2.86 bits per heavy atom. The molecular weight excluding hydrogens is 251 g/mol. The van der Waals surface area contributed by atoms with E-state index in [4.69, 9.17) is 22.3 Å². The zero-order chi connectivity index (χ0) is 10.3. The van der Waals surface area contributed by atoms with Crippen LogP contribution in [0.1, 0.15) is 0 Å². The molecule has 1 heterocycles. The number of hydrogen-bond donors (Lipinski definition) is 1. The molecule has 5 nitrogen and oxygen atoms in total. The van der Waals surface area contributed by atoms with Crippen molar-refractivity contribution in [1.82, 2.24) is 5.48 Å². The minimum atomic E-state index is -3.88. The third-order valence-corrected chi connectivity index (χ3v) is 3.70. The van der Waals surface area contributed by atoms with Gasteiger partial charge >= 0.3 is 0 Å². The van der Waals surface area contributed by atoms with Gasteiger partial charge in [0.2, 0.25) is 0 Å². The van der Waals surface area contributed by atoms with Crippen molar-refractivity contribution in [3.8, 4) is 0 Å². The van der Waals surface area contributed by atoms with E-state index in [0.717, 1.165) is 0 Å². The molecule has 1 aliphatic carbocycles. The Kier molecular flexibility index (Phi) is 2.30. The first-order valence-electron chi connectivity index (χ1n) is 3.52. The molecule has 0 spiro atoms. The average molecular weight is 255 g/mol. The maximum Gasteiger partial charge on any atom is 0.261 e. The van der Waals surface area contributed by atoms with Crippen LogP contribution in [-0.4, -0.2) is 20.2 Å². The van der Waals surface area contributed by atoms with Crippen molar-refractivity contribution in [2.24, 2.45) is 5.16 Å². The fraction of sp³-hybridized carbons (Fsp3) is 0.167. The number of fused-ring (bicyclic) bond motifs is 1. The van der Waals surface area contributed by atoms with Gasteiger partial charge in [-0.3, -0.25) is 4.94 Å². The minimum Gasteiger partial charge on any atom is -0.298 e. The fourth-order valence-electron chi connectivity index (χ4n) is 1.20. The van der Waals surface area contributed by atoms with Gasteiger partial charge in [0.25, 0.3) is 9.05 Å². The number of halogens is 2. The molecule has 2 rings (SSSR count). The van der Waals surface area contributed by atoms with Crippen LogP contribution in [-0.2, 0) is 14.0 Å². The zero-order valence-electron chi connectivity index (χ0n) is 6.57. The van der Waals surface area contributed by atoms with Crippen molar-refractivity contribution in [3.05, 3.63) is 22.1 Å². The Balaban J connectivity index is 2.57. The second kappa shape index (κ2) is 3.23. The maximum absolute atomic E-state index is 11.2. The molecule has 76 valence electrons. The minimum absolute atomic E-state index is 0.0574. The third-order valence-electron chi connectivity index (χ3n) is 1.78. The van der Waals surface area contributed by atoms with Crippen LogP contribution >= 0.6 is 22.3 Å². The van der Waals surface area contributed by atoms with Crippen LogP contribution < -0.4 is 5.48 Å². The van der Waals surface area contributed by atoms with Crippen LogP contribution in [0.5, 0.6) is 0 Å². The molecule has 0 aromatic carbocycles. The normalized spacial score (nSPS) is 25.9. The van der Waals surface area contributed by atoms with E-state index in [2.05, 4.69) is 15.6 Å². The van der Waals surface area contributed by atoms with E-state index in [9.17, 15) is 8.42 Å². The summed E-state index contributed by atoms with van der Waals surface area (Å²) in [6, 6.07) is -0.713. The van der Waals surface area contributed by atoms with E-state index >= 15 is 0 Å². The largest absolute Gasteiger partial charge is 0.298 e. The zero-order valence-corrected chi connectivity index (χ0v) is 8.90. The number of nitrogens with zero attached hydrogens (tertiary/aromatic N) is 1. The number of nitrogens with one attached hydrogen (secondary N) is 1. The van der Waals surface area contributed by atoms with Crippen molar-refractivity contribution in [3.63, 3.8) is 0 Å². The van der Waals surface area contributed by atoms with Crippen molar-refractivity contribution in [2.45, 2.75) is 6.04 Å². The SMILES string of the molecule is O=S(=O)(Cl)C1=C(Cl)C=CC2=NONC21. The maximum atomic E-state index is 11.2. The predicted molar refractivity (Wildman–Crippen MR) is 52.2 cm³/mol. The molecule has 1 N–H and O–H groups in total. The molecular formula is C6H4Cl2N2O3S. The van der Waals surface area contributed by atoms with Crippen molar-refractivity contribution >= 4 is 37.0 Å². The molecule has 0 aromatic rings. The van der Waals surface area contributed by atoms with Crippen molar-refractivity contribution in [2.75, 3.05) is 0 Å². The highest BCUT2D eigenvalue weighted by molar-refractivity contribution is 8.17. The van der Waals surface area contributed by atoms with Gasteiger partial charge in [0, 0.05) is 10.7 Å². The van der Waals surface area contributed by atoms with Gasteiger partial charge in [-0.05, 0) is 12.2 Å². The highest BCUT2D eigenvalue weighted by Crippen LogP contribution is 2.29. The van der Waals surface area contributed by atoms with E-state index < -0.39 is 15.1 Å². The summed E-state index contributed by atoms with van der Waals surface area (Å²) >= 11 is 5.71. The van der Waals surface area contributed by atoms with Crippen LogP contribution in [0.2, 0.25) is 0 Å². The molecule has 0 fully saturated rings. The summed E-state index contributed by atoms with van der Waals surface area (Å²) in [6.45, 7) is 0. The molecule has 0 aromatic heterocycles. The lowest BCUT2D eigenvalue weighted by molar-refractivity contribution is 0.0665. The summed E-state index contributed by atoms with van der Waals surface area (Å²) in [5.41, 5.74) is 2.81.